The van der Waals surface area contributed by atoms with E-state index in [1.165, 1.54) is 0 Å². The highest BCUT2D eigenvalue weighted by molar-refractivity contribution is 7.89. The predicted octanol–water partition coefficient (Wildman–Crippen LogP) is 0.727. The van der Waals surface area contributed by atoms with Gasteiger partial charge < -0.3 is 10.1 Å². The lowest BCUT2D eigenvalue weighted by Gasteiger charge is -2.32. The van der Waals surface area contributed by atoms with Crippen LogP contribution in [0.25, 0.3) is 0 Å². The third kappa shape index (κ3) is 4.41. The number of rotatable bonds is 6. The smallest absolute Gasteiger partial charge is 0.240 e. The number of likely N-dealkylation sites (N-methyl/N-ethyl adjacent to an activating group) is 1. The maximum absolute atomic E-state index is 12.2. The fourth-order valence-electron chi connectivity index (χ4n) is 2.28. The van der Waals surface area contributed by atoms with Crippen LogP contribution in [0, 0.1) is 0 Å². The molecule has 1 aliphatic heterocycles. The number of hydrogen-bond acceptors (Lipinski definition) is 5. The molecule has 118 valence electrons. The highest BCUT2D eigenvalue weighted by Gasteiger charge is 2.22. The van der Waals surface area contributed by atoms with Crippen LogP contribution < -0.4 is 10.0 Å². The van der Waals surface area contributed by atoms with Crippen LogP contribution in [0.2, 0.25) is 0 Å². The van der Waals surface area contributed by atoms with Gasteiger partial charge in [-0.15, -0.1) is 0 Å². The summed E-state index contributed by atoms with van der Waals surface area (Å²) >= 11 is 0. The molecule has 21 heavy (non-hydrogen) atoms. The normalized spacial score (nSPS) is 20.4. The Balaban J connectivity index is 1.94. The maximum atomic E-state index is 12.2. The Labute approximate surface area is 126 Å². The number of nitrogens with zero attached hydrogens (tertiary/aromatic N) is 1. The molecular weight excluding hydrogens is 290 g/mol. The van der Waals surface area contributed by atoms with Gasteiger partial charge in [0.15, 0.2) is 0 Å². The molecule has 0 radical (unpaired) electrons. The van der Waals surface area contributed by atoms with Gasteiger partial charge in [-0.3, -0.25) is 4.90 Å². The summed E-state index contributed by atoms with van der Waals surface area (Å²) in [6.45, 7) is 5.67. The van der Waals surface area contributed by atoms with Crippen LogP contribution >= 0.6 is 0 Å². The molecule has 0 spiro atoms. The van der Waals surface area contributed by atoms with E-state index in [0.29, 0.717) is 13.2 Å². The van der Waals surface area contributed by atoms with Gasteiger partial charge in [0, 0.05) is 32.4 Å². The minimum absolute atomic E-state index is 0.0925. The van der Waals surface area contributed by atoms with Crippen molar-refractivity contribution in [3.8, 4) is 0 Å². The second-order valence-electron chi connectivity index (χ2n) is 5.01. The molecule has 1 heterocycles. The van der Waals surface area contributed by atoms with Crippen LogP contribution in [0.1, 0.15) is 6.92 Å². The van der Waals surface area contributed by atoms with Crippen LogP contribution in [-0.2, 0) is 14.8 Å². The van der Waals surface area contributed by atoms with E-state index in [1.807, 2.05) is 0 Å². The largest absolute Gasteiger partial charge is 0.388 e. The molecule has 0 bridgehead atoms. The Morgan fingerprint density at radius 2 is 2.05 bits per heavy atom. The third-order valence-corrected chi connectivity index (χ3v) is 5.06. The average Bonchev–Trinajstić information content (AvgIpc) is 2.53. The van der Waals surface area contributed by atoms with Crippen LogP contribution in [0.15, 0.2) is 29.2 Å². The molecular formula is C14H23N3O3S. The van der Waals surface area contributed by atoms with Gasteiger partial charge in [-0.1, -0.05) is 6.92 Å². The molecule has 0 amide bonds. The first-order valence-electron chi connectivity index (χ1n) is 7.16. The Kier molecular flexibility index (Phi) is 5.58. The number of anilines is 1. The highest BCUT2D eigenvalue weighted by atomic mass is 32.2. The summed E-state index contributed by atoms with van der Waals surface area (Å²) in [4.78, 5) is 2.52. The van der Waals surface area contributed by atoms with E-state index >= 15 is 0 Å². The van der Waals surface area contributed by atoms with Crippen LogP contribution in [-0.4, -0.2) is 59.3 Å². The lowest BCUT2D eigenvalue weighted by molar-refractivity contribution is -0.0229. The Hall–Kier alpha value is -1.15. The van der Waals surface area contributed by atoms with Crippen molar-refractivity contribution < 1.29 is 13.2 Å². The van der Waals surface area contributed by atoms with Crippen molar-refractivity contribution in [2.75, 3.05) is 45.2 Å². The second-order valence-corrected chi connectivity index (χ2v) is 6.78. The number of benzene rings is 1. The fourth-order valence-corrected chi connectivity index (χ4v) is 3.34. The van der Waals surface area contributed by atoms with Gasteiger partial charge in [0.2, 0.25) is 10.0 Å². The third-order valence-electron chi connectivity index (χ3n) is 3.62. The molecule has 7 heteroatoms. The number of ether oxygens (including phenoxy) is 1. The Morgan fingerprint density at radius 3 is 2.67 bits per heavy atom. The predicted molar refractivity (Wildman–Crippen MR) is 83.0 cm³/mol. The molecule has 2 rings (SSSR count). The Morgan fingerprint density at radius 1 is 1.33 bits per heavy atom. The number of nitrogens with one attached hydrogen (secondary N) is 2. The van der Waals surface area contributed by atoms with Gasteiger partial charge in [0.1, 0.15) is 0 Å². The van der Waals surface area contributed by atoms with E-state index in [-0.39, 0.29) is 11.0 Å². The summed E-state index contributed by atoms with van der Waals surface area (Å²) in [7, 11) is -1.69. The minimum Gasteiger partial charge on any atom is -0.388 e. The summed E-state index contributed by atoms with van der Waals surface area (Å²) in [6, 6.07) is 6.66. The molecule has 1 aromatic rings. The molecule has 0 saturated carbocycles. The lowest BCUT2D eigenvalue weighted by atomic mass is 10.3. The standard InChI is InChI=1S/C14H23N3O3S/c1-3-17-8-9-20-13(11-17)10-16-21(18,19)14-6-4-12(15-2)5-7-14/h4-7,13,15-16H,3,8-11H2,1-2H3. The van der Waals surface area contributed by atoms with Gasteiger partial charge >= 0.3 is 0 Å². The minimum atomic E-state index is -3.49. The van der Waals surface area contributed by atoms with E-state index in [9.17, 15) is 8.42 Å². The maximum Gasteiger partial charge on any atom is 0.240 e. The van der Waals surface area contributed by atoms with E-state index in [4.69, 9.17) is 4.74 Å². The van der Waals surface area contributed by atoms with Crippen molar-refractivity contribution in [1.29, 1.82) is 0 Å². The monoisotopic (exact) mass is 313 g/mol. The van der Waals surface area contributed by atoms with Gasteiger partial charge in [0.05, 0.1) is 17.6 Å². The zero-order valence-electron chi connectivity index (χ0n) is 12.5. The highest BCUT2D eigenvalue weighted by Crippen LogP contribution is 2.13. The van der Waals surface area contributed by atoms with Gasteiger partial charge in [0.25, 0.3) is 0 Å². The average molecular weight is 313 g/mol. The van der Waals surface area contributed by atoms with Gasteiger partial charge in [-0.25, -0.2) is 13.1 Å². The topological polar surface area (TPSA) is 70.7 Å². The second kappa shape index (κ2) is 7.22. The number of sulfonamides is 1. The van der Waals surface area contributed by atoms with E-state index < -0.39 is 10.0 Å². The van der Waals surface area contributed by atoms with Crippen LogP contribution in [0.5, 0.6) is 0 Å². The van der Waals surface area contributed by atoms with Gasteiger partial charge in [-0.05, 0) is 30.8 Å². The zero-order chi connectivity index (χ0) is 15.3. The van der Waals surface area contributed by atoms with Crippen molar-refractivity contribution in [1.82, 2.24) is 9.62 Å². The van der Waals surface area contributed by atoms with E-state index in [2.05, 4.69) is 21.9 Å². The molecule has 0 aliphatic carbocycles. The first-order chi connectivity index (χ1) is 10.0. The quantitative estimate of drug-likeness (QED) is 0.810. The van der Waals surface area contributed by atoms with Crippen molar-refractivity contribution in [2.24, 2.45) is 0 Å². The van der Waals surface area contributed by atoms with Crippen molar-refractivity contribution >= 4 is 15.7 Å². The van der Waals surface area contributed by atoms with Crippen molar-refractivity contribution in [2.45, 2.75) is 17.9 Å². The summed E-state index contributed by atoms with van der Waals surface area (Å²) in [5.74, 6) is 0. The van der Waals surface area contributed by atoms with Crippen LogP contribution in [0.4, 0.5) is 5.69 Å². The number of hydrogen-bond donors (Lipinski definition) is 2. The molecule has 1 aromatic carbocycles. The summed E-state index contributed by atoms with van der Waals surface area (Å²) in [5, 5.41) is 2.96. The molecule has 1 fully saturated rings. The van der Waals surface area contributed by atoms with Crippen molar-refractivity contribution in [3.63, 3.8) is 0 Å². The van der Waals surface area contributed by atoms with E-state index in [1.54, 1.807) is 31.3 Å². The molecule has 1 saturated heterocycles. The first-order valence-corrected chi connectivity index (χ1v) is 8.65. The lowest BCUT2D eigenvalue weighted by Crippen LogP contribution is -2.47. The summed E-state index contributed by atoms with van der Waals surface area (Å²) in [5.41, 5.74) is 0.878. The molecule has 1 atom stereocenters. The number of morpholine rings is 1. The molecule has 1 unspecified atom stereocenters. The first kappa shape index (κ1) is 16.2. The summed E-state index contributed by atoms with van der Waals surface area (Å²) in [6.07, 6.45) is -0.0925. The van der Waals surface area contributed by atoms with Gasteiger partial charge in [-0.2, -0.15) is 0 Å². The summed E-state index contributed by atoms with van der Waals surface area (Å²) < 4.78 is 32.7. The molecule has 6 nitrogen and oxygen atoms in total. The molecule has 2 N–H and O–H groups in total. The SMILES string of the molecule is CCN1CCOC(CNS(=O)(=O)c2ccc(NC)cc2)C1. The molecule has 0 aromatic heterocycles. The molecule has 1 aliphatic rings. The Bertz CT molecular complexity index is 545. The van der Waals surface area contributed by atoms with E-state index in [0.717, 1.165) is 25.3 Å². The van der Waals surface area contributed by atoms with Crippen molar-refractivity contribution in [3.05, 3.63) is 24.3 Å². The zero-order valence-corrected chi connectivity index (χ0v) is 13.3. The fraction of sp³-hybridized carbons (Fsp3) is 0.571. The van der Waals surface area contributed by atoms with Crippen LogP contribution in [0.3, 0.4) is 0 Å².